The van der Waals surface area contributed by atoms with E-state index in [1.54, 1.807) is 42.1 Å². The van der Waals surface area contributed by atoms with Crippen molar-refractivity contribution in [3.63, 3.8) is 0 Å². The number of hydrogen-bond donors (Lipinski definition) is 1. The molecule has 0 spiro atoms. The van der Waals surface area contributed by atoms with Crippen LogP contribution in [-0.2, 0) is 11.3 Å². The Kier molecular flexibility index (Phi) is 8.50. The molecule has 0 saturated carbocycles. The molecule has 0 aliphatic heterocycles. The van der Waals surface area contributed by atoms with Gasteiger partial charge in [0.2, 0.25) is 5.91 Å². The van der Waals surface area contributed by atoms with E-state index in [1.165, 1.54) is 10.5 Å². The molecule has 0 unspecified atom stereocenters. The van der Waals surface area contributed by atoms with Gasteiger partial charge in [0.05, 0.1) is 0 Å². The van der Waals surface area contributed by atoms with Crippen LogP contribution in [0.3, 0.4) is 0 Å². The van der Waals surface area contributed by atoms with E-state index >= 15 is 0 Å². The Labute approximate surface area is 164 Å². The van der Waals surface area contributed by atoms with Gasteiger partial charge in [-0.15, -0.1) is 11.8 Å². The van der Waals surface area contributed by atoms with Crippen LogP contribution in [0.4, 0.5) is 0 Å². The fourth-order valence-electron chi connectivity index (χ4n) is 2.18. The Morgan fingerprint density at radius 1 is 1.19 bits per heavy atom. The normalized spacial score (nSPS) is 11.3. The Bertz CT molecular complexity index is 687. The lowest BCUT2D eigenvalue weighted by Gasteiger charge is -2.22. The lowest BCUT2D eigenvalue weighted by atomic mass is 10.3. The van der Waals surface area contributed by atoms with Crippen LogP contribution in [0, 0.1) is 0 Å². The standard InChI is InChI=1S/C19H26N4OS2/c1-22(2)18(24)13-21-19(23(3)14-16-9-11-25-15-16)20-10-12-26-17-7-5-4-6-8-17/h4-9,11,15H,10,12-14H2,1-3H3,(H,20,21). The average Bonchev–Trinajstić information content (AvgIpc) is 3.14. The number of rotatable bonds is 8. The van der Waals surface area contributed by atoms with Crippen LogP contribution in [0.25, 0.3) is 0 Å². The summed E-state index contributed by atoms with van der Waals surface area (Å²) in [7, 11) is 5.49. The van der Waals surface area contributed by atoms with E-state index in [1.807, 2.05) is 25.2 Å². The smallest absolute Gasteiger partial charge is 0.243 e. The summed E-state index contributed by atoms with van der Waals surface area (Å²) >= 11 is 3.48. The number of amides is 1. The molecule has 0 fully saturated rings. The first-order valence-corrected chi connectivity index (χ1v) is 10.4. The minimum absolute atomic E-state index is 0.00751. The third-order valence-electron chi connectivity index (χ3n) is 3.62. The average molecular weight is 391 g/mol. The lowest BCUT2D eigenvalue weighted by Crippen LogP contribution is -2.40. The molecule has 1 amide bonds. The van der Waals surface area contributed by atoms with Gasteiger partial charge in [-0.1, -0.05) is 18.2 Å². The molecule has 1 N–H and O–H groups in total. The largest absolute Gasteiger partial charge is 0.355 e. The molecular formula is C19H26N4OS2. The number of carbonyl (C=O) groups excluding carboxylic acids is 1. The van der Waals surface area contributed by atoms with E-state index in [2.05, 4.69) is 44.2 Å². The Morgan fingerprint density at radius 3 is 2.62 bits per heavy atom. The van der Waals surface area contributed by atoms with Crippen molar-refractivity contribution in [3.8, 4) is 0 Å². The molecule has 1 aromatic heterocycles. The first-order valence-electron chi connectivity index (χ1n) is 8.45. The minimum Gasteiger partial charge on any atom is -0.355 e. The number of aliphatic imine (C=N–C) groups is 1. The third-order valence-corrected chi connectivity index (χ3v) is 5.37. The van der Waals surface area contributed by atoms with Crippen LogP contribution in [0.5, 0.6) is 0 Å². The predicted octanol–water partition coefficient (Wildman–Crippen LogP) is 3.01. The molecule has 0 aliphatic rings. The Morgan fingerprint density at radius 2 is 1.96 bits per heavy atom. The van der Waals surface area contributed by atoms with Gasteiger partial charge in [-0.25, -0.2) is 4.99 Å². The zero-order valence-electron chi connectivity index (χ0n) is 15.5. The van der Waals surface area contributed by atoms with Crippen LogP contribution >= 0.6 is 23.1 Å². The molecule has 26 heavy (non-hydrogen) atoms. The van der Waals surface area contributed by atoms with Gasteiger partial charge in [0.15, 0.2) is 5.96 Å². The predicted molar refractivity (Wildman–Crippen MR) is 112 cm³/mol. The minimum atomic E-state index is -0.00751. The number of likely N-dealkylation sites (N-methyl/N-ethyl adjacent to an activating group) is 1. The molecule has 7 heteroatoms. The number of nitrogens with one attached hydrogen (secondary N) is 1. The molecular weight excluding hydrogens is 364 g/mol. The molecule has 0 radical (unpaired) electrons. The van der Waals surface area contributed by atoms with E-state index in [9.17, 15) is 4.79 Å². The summed E-state index contributed by atoms with van der Waals surface area (Å²) in [4.78, 5) is 21.2. The molecule has 0 bridgehead atoms. The van der Waals surface area contributed by atoms with E-state index in [4.69, 9.17) is 0 Å². The quantitative estimate of drug-likeness (QED) is 0.326. The Balaban J connectivity index is 1.90. The number of carbonyl (C=O) groups is 1. The molecule has 0 atom stereocenters. The first-order chi connectivity index (χ1) is 12.6. The zero-order valence-corrected chi connectivity index (χ0v) is 17.1. The number of benzene rings is 1. The van der Waals surface area contributed by atoms with Crippen molar-refractivity contribution in [2.75, 3.05) is 40.0 Å². The van der Waals surface area contributed by atoms with E-state index in [0.717, 1.165) is 24.8 Å². The molecule has 140 valence electrons. The summed E-state index contributed by atoms with van der Waals surface area (Å²) in [5, 5.41) is 7.58. The monoisotopic (exact) mass is 390 g/mol. The van der Waals surface area contributed by atoms with Crippen LogP contribution in [-0.4, -0.2) is 61.7 Å². The van der Waals surface area contributed by atoms with Crippen molar-refractivity contribution < 1.29 is 4.79 Å². The molecule has 0 saturated heterocycles. The van der Waals surface area contributed by atoms with Gasteiger partial charge in [0, 0.05) is 44.9 Å². The second-order valence-corrected chi connectivity index (χ2v) is 7.95. The molecule has 5 nitrogen and oxygen atoms in total. The van der Waals surface area contributed by atoms with Crippen LogP contribution in [0.2, 0.25) is 0 Å². The van der Waals surface area contributed by atoms with Crippen molar-refractivity contribution >= 4 is 35.0 Å². The van der Waals surface area contributed by atoms with Gasteiger partial charge in [-0.2, -0.15) is 11.3 Å². The number of thiophene rings is 1. The summed E-state index contributed by atoms with van der Waals surface area (Å²) in [5.74, 6) is 1.67. The maximum Gasteiger partial charge on any atom is 0.243 e. The summed E-state index contributed by atoms with van der Waals surface area (Å²) in [5.41, 5.74) is 1.24. The van der Waals surface area contributed by atoms with Gasteiger partial charge in [0.1, 0.15) is 6.54 Å². The highest BCUT2D eigenvalue weighted by atomic mass is 32.2. The second-order valence-electron chi connectivity index (χ2n) is 6.00. The van der Waals surface area contributed by atoms with E-state index < -0.39 is 0 Å². The van der Waals surface area contributed by atoms with Crippen molar-refractivity contribution in [1.29, 1.82) is 0 Å². The second kappa shape index (κ2) is 10.9. The van der Waals surface area contributed by atoms with Crippen LogP contribution in [0.1, 0.15) is 5.56 Å². The topological polar surface area (TPSA) is 47.9 Å². The highest BCUT2D eigenvalue weighted by molar-refractivity contribution is 7.99. The highest BCUT2D eigenvalue weighted by Crippen LogP contribution is 2.15. The molecule has 0 aliphatic carbocycles. The van der Waals surface area contributed by atoms with Gasteiger partial charge in [-0.05, 0) is 34.5 Å². The van der Waals surface area contributed by atoms with Crippen molar-refractivity contribution in [2.24, 2.45) is 4.99 Å². The van der Waals surface area contributed by atoms with Gasteiger partial charge in [0.25, 0.3) is 0 Å². The first kappa shape index (κ1) is 20.3. The summed E-state index contributed by atoms with van der Waals surface area (Å²) < 4.78 is 0. The SMILES string of the molecule is CN(C)C(=O)CN=C(NCCSc1ccccc1)N(C)Cc1ccsc1. The van der Waals surface area contributed by atoms with Crippen LogP contribution < -0.4 is 5.32 Å². The number of guanidine groups is 1. The van der Waals surface area contributed by atoms with Gasteiger partial charge >= 0.3 is 0 Å². The molecule has 2 rings (SSSR count). The highest BCUT2D eigenvalue weighted by Gasteiger charge is 2.10. The van der Waals surface area contributed by atoms with Crippen molar-refractivity contribution in [3.05, 3.63) is 52.7 Å². The van der Waals surface area contributed by atoms with E-state index in [-0.39, 0.29) is 12.5 Å². The van der Waals surface area contributed by atoms with E-state index in [0.29, 0.717) is 0 Å². The van der Waals surface area contributed by atoms with Gasteiger partial charge < -0.3 is 15.1 Å². The maximum atomic E-state index is 11.9. The summed E-state index contributed by atoms with van der Waals surface area (Å²) in [6.45, 7) is 1.69. The maximum absolute atomic E-state index is 11.9. The number of nitrogens with zero attached hydrogens (tertiary/aromatic N) is 3. The number of hydrogen-bond acceptors (Lipinski definition) is 4. The molecule has 1 aromatic carbocycles. The van der Waals surface area contributed by atoms with Crippen LogP contribution in [0.15, 0.2) is 57.0 Å². The number of thioether (sulfide) groups is 1. The summed E-state index contributed by atoms with van der Waals surface area (Å²) in [6, 6.07) is 12.4. The van der Waals surface area contributed by atoms with Crippen molar-refractivity contribution in [2.45, 2.75) is 11.4 Å². The Hall–Kier alpha value is -1.99. The summed E-state index contributed by atoms with van der Waals surface area (Å²) in [6.07, 6.45) is 0. The zero-order chi connectivity index (χ0) is 18.8. The fraction of sp³-hybridized carbons (Fsp3) is 0.368. The lowest BCUT2D eigenvalue weighted by molar-refractivity contribution is -0.127. The molecule has 2 aromatic rings. The molecule has 1 heterocycles. The van der Waals surface area contributed by atoms with Gasteiger partial charge in [-0.3, -0.25) is 4.79 Å². The fourth-order valence-corrected chi connectivity index (χ4v) is 3.62. The van der Waals surface area contributed by atoms with Crippen molar-refractivity contribution in [1.82, 2.24) is 15.1 Å². The third kappa shape index (κ3) is 7.09.